The minimum atomic E-state index is -0.668. The third-order valence-electron chi connectivity index (χ3n) is 1.58. The molecule has 0 unspecified atom stereocenters. The van der Waals surface area contributed by atoms with Crippen LogP contribution in [-0.4, -0.2) is 31.6 Å². The standard InChI is InChI=1S/C6H13FN2S/c1-10-9-6-2-5(7)3-8-4-6/h5-6,8-9H,2-4H2,1H3/t5-,6-/m1/s1. The van der Waals surface area contributed by atoms with E-state index in [1.165, 1.54) is 0 Å². The van der Waals surface area contributed by atoms with E-state index in [1.807, 2.05) is 6.26 Å². The molecule has 1 rings (SSSR count). The second-order valence-electron chi connectivity index (χ2n) is 2.51. The Morgan fingerprint density at radius 2 is 2.40 bits per heavy atom. The van der Waals surface area contributed by atoms with Crippen LogP contribution in [0.5, 0.6) is 0 Å². The average molecular weight is 164 g/mol. The van der Waals surface area contributed by atoms with Crippen LogP contribution in [0, 0.1) is 0 Å². The predicted molar refractivity (Wildman–Crippen MR) is 42.8 cm³/mol. The summed E-state index contributed by atoms with van der Waals surface area (Å²) < 4.78 is 15.8. The maximum Gasteiger partial charge on any atom is 0.114 e. The predicted octanol–water partition coefficient (Wildman–Crippen LogP) is 0.554. The van der Waals surface area contributed by atoms with Gasteiger partial charge in [-0.1, -0.05) is 11.9 Å². The van der Waals surface area contributed by atoms with Crippen LogP contribution in [0.3, 0.4) is 0 Å². The Labute approximate surface area is 65.1 Å². The fourth-order valence-corrected chi connectivity index (χ4v) is 1.66. The first-order chi connectivity index (χ1) is 4.83. The van der Waals surface area contributed by atoms with Gasteiger partial charge in [-0.2, -0.15) is 0 Å². The molecular weight excluding hydrogens is 151 g/mol. The molecular formula is C6H13FN2S. The number of hydrogen-bond donors (Lipinski definition) is 2. The van der Waals surface area contributed by atoms with E-state index < -0.39 is 6.17 Å². The molecule has 2 N–H and O–H groups in total. The van der Waals surface area contributed by atoms with Gasteiger partial charge in [-0.15, -0.1) is 0 Å². The van der Waals surface area contributed by atoms with Crippen LogP contribution in [0.1, 0.15) is 6.42 Å². The summed E-state index contributed by atoms with van der Waals surface area (Å²) in [4.78, 5) is 0. The number of halogens is 1. The van der Waals surface area contributed by atoms with Gasteiger partial charge in [0.05, 0.1) is 0 Å². The zero-order valence-electron chi connectivity index (χ0n) is 6.06. The molecule has 0 aromatic carbocycles. The van der Waals surface area contributed by atoms with E-state index in [0.717, 1.165) is 6.54 Å². The lowest BCUT2D eigenvalue weighted by Crippen LogP contribution is -2.45. The molecule has 1 aliphatic rings. The summed E-state index contributed by atoms with van der Waals surface area (Å²) in [6, 6.07) is 0.304. The lowest BCUT2D eigenvalue weighted by atomic mass is 10.1. The second-order valence-corrected chi connectivity index (χ2v) is 3.15. The first-order valence-corrected chi connectivity index (χ1v) is 4.68. The molecule has 0 aromatic rings. The number of nitrogens with one attached hydrogen (secondary N) is 2. The molecule has 0 spiro atoms. The molecule has 2 atom stereocenters. The number of piperidine rings is 1. The van der Waals surface area contributed by atoms with Crippen molar-refractivity contribution in [3.8, 4) is 0 Å². The quantitative estimate of drug-likeness (QED) is 0.583. The molecule has 2 nitrogen and oxygen atoms in total. The molecule has 1 fully saturated rings. The van der Waals surface area contributed by atoms with Crippen LogP contribution >= 0.6 is 11.9 Å². The van der Waals surface area contributed by atoms with Crippen molar-refractivity contribution >= 4 is 11.9 Å². The average Bonchev–Trinajstić information content (AvgIpc) is 1.88. The smallest absolute Gasteiger partial charge is 0.114 e. The van der Waals surface area contributed by atoms with Gasteiger partial charge in [0.1, 0.15) is 6.17 Å². The molecule has 0 amide bonds. The van der Waals surface area contributed by atoms with Crippen LogP contribution in [0.4, 0.5) is 4.39 Å². The maximum atomic E-state index is 12.6. The summed E-state index contributed by atoms with van der Waals surface area (Å²) in [5, 5.41) is 3.02. The Kier molecular flexibility index (Phi) is 3.45. The topological polar surface area (TPSA) is 24.1 Å². The van der Waals surface area contributed by atoms with Gasteiger partial charge in [-0.3, -0.25) is 4.72 Å². The molecule has 0 aliphatic carbocycles. The molecule has 60 valence electrons. The van der Waals surface area contributed by atoms with Gasteiger partial charge in [-0.05, 0) is 12.7 Å². The van der Waals surface area contributed by atoms with Crippen LogP contribution in [0.2, 0.25) is 0 Å². The minimum absolute atomic E-state index is 0.304. The molecule has 1 heterocycles. The first kappa shape index (κ1) is 8.30. The number of alkyl halides is 1. The van der Waals surface area contributed by atoms with Gasteiger partial charge in [-0.25, -0.2) is 4.39 Å². The largest absolute Gasteiger partial charge is 0.312 e. The molecule has 0 bridgehead atoms. The fraction of sp³-hybridized carbons (Fsp3) is 1.00. The van der Waals surface area contributed by atoms with E-state index in [2.05, 4.69) is 10.0 Å². The SMILES string of the molecule is CSN[C@H]1CNC[C@H](F)C1. The van der Waals surface area contributed by atoms with E-state index in [9.17, 15) is 4.39 Å². The lowest BCUT2D eigenvalue weighted by Gasteiger charge is -2.25. The Morgan fingerprint density at radius 1 is 1.60 bits per heavy atom. The summed E-state index contributed by atoms with van der Waals surface area (Å²) in [5.74, 6) is 0. The van der Waals surface area contributed by atoms with Gasteiger partial charge in [0, 0.05) is 19.1 Å². The number of rotatable bonds is 2. The zero-order chi connectivity index (χ0) is 7.40. The lowest BCUT2D eigenvalue weighted by molar-refractivity contribution is 0.242. The van der Waals surface area contributed by atoms with Crippen molar-refractivity contribution in [2.45, 2.75) is 18.6 Å². The molecule has 0 aromatic heterocycles. The Bertz CT molecular complexity index is 99.7. The van der Waals surface area contributed by atoms with E-state index in [1.54, 1.807) is 11.9 Å². The summed E-state index contributed by atoms with van der Waals surface area (Å²) in [7, 11) is 0. The van der Waals surface area contributed by atoms with E-state index in [4.69, 9.17) is 0 Å². The Balaban J connectivity index is 2.18. The summed E-state index contributed by atoms with van der Waals surface area (Å²) >= 11 is 1.55. The van der Waals surface area contributed by atoms with Gasteiger partial charge in [0.25, 0.3) is 0 Å². The van der Waals surface area contributed by atoms with Crippen molar-refractivity contribution in [1.82, 2.24) is 10.0 Å². The first-order valence-electron chi connectivity index (χ1n) is 3.46. The van der Waals surface area contributed by atoms with Crippen molar-refractivity contribution in [2.24, 2.45) is 0 Å². The molecule has 0 saturated carbocycles. The highest BCUT2D eigenvalue weighted by Crippen LogP contribution is 2.07. The van der Waals surface area contributed by atoms with Crippen molar-refractivity contribution in [3.05, 3.63) is 0 Å². The third-order valence-corrected chi connectivity index (χ3v) is 2.15. The van der Waals surface area contributed by atoms with Gasteiger partial charge >= 0.3 is 0 Å². The van der Waals surface area contributed by atoms with Gasteiger partial charge in [0.2, 0.25) is 0 Å². The van der Waals surface area contributed by atoms with Crippen molar-refractivity contribution in [1.29, 1.82) is 0 Å². The van der Waals surface area contributed by atoms with Crippen molar-refractivity contribution < 1.29 is 4.39 Å². The highest BCUT2D eigenvalue weighted by atomic mass is 32.2. The molecule has 0 radical (unpaired) electrons. The van der Waals surface area contributed by atoms with Crippen molar-refractivity contribution in [2.75, 3.05) is 19.3 Å². The van der Waals surface area contributed by atoms with Crippen LogP contribution in [-0.2, 0) is 0 Å². The highest BCUT2D eigenvalue weighted by molar-refractivity contribution is 7.96. The molecule has 1 saturated heterocycles. The molecule has 4 heteroatoms. The fourth-order valence-electron chi connectivity index (χ4n) is 1.15. The summed E-state index contributed by atoms with van der Waals surface area (Å²) in [6.45, 7) is 1.41. The highest BCUT2D eigenvalue weighted by Gasteiger charge is 2.19. The van der Waals surface area contributed by atoms with Crippen LogP contribution in [0.15, 0.2) is 0 Å². The zero-order valence-corrected chi connectivity index (χ0v) is 6.88. The minimum Gasteiger partial charge on any atom is -0.312 e. The van der Waals surface area contributed by atoms with E-state index in [-0.39, 0.29) is 0 Å². The Morgan fingerprint density at radius 3 is 3.00 bits per heavy atom. The van der Waals surface area contributed by atoms with Gasteiger partial charge in [0.15, 0.2) is 0 Å². The van der Waals surface area contributed by atoms with Gasteiger partial charge < -0.3 is 5.32 Å². The monoisotopic (exact) mass is 164 g/mol. The Hall–Kier alpha value is 0.200. The van der Waals surface area contributed by atoms with E-state index >= 15 is 0 Å². The molecule has 1 aliphatic heterocycles. The van der Waals surface area contributed by atoms with Crippen molar-refractivity contribution in [3.63, 3.8) is 0 Å². The van der Waals surface area contributed by atoms with E-state index in [0.29, 0.717) is 19.0 Å². The number of hydrogen-bond acceptors (Lipinski definition) is 3. The summed E-state index contributed by atoms with van der Waals surface area (Å²) in [6.07, 6.45) is 1.94. The summed E-state index contributed by atoms with van der Waals surface area (Å²) in [5.41, 5.74) is 0. The second kappa shape index (κ2) is 4.16. The third kappa shape index (κ3) is 2.44. The maximum absolute atomic E-state index is 12.6. The molecule has 10 heavy (non-hydrogen) atoms. The van der Waals surface area contributed by atoms with Crippen LogP contribution < -0.4 is 10.0 Å². The van der Waals surface area contributed by atoms with Crippen LogP contribution in [0.25, 0.3) is 0 Å². The normalized spacial score (nSPS) is 34.2.